The highest BCUT2D eigenvalue weighted by atomic mass is 32.2. The molecule has 1 atom stereocenters. The average molecular weight is 327 g/mol. The number of hydrogen-bond acceptors (Lipinski definition) is 6. The number of carboxylic acids is 1. The van der Waals surface area contributed by atoms with Crippen LogP contribution in [0.2, 0.25) is 0 Å². The Bertz CT molecular complexity index is 566. The maximum Gasteiger partial charge on any atom is 0.327 e. The van der Waals surface area contributed by atoms with E-state index in [4.69, 9.17) is 14.2 Å². The van der Waals surface area contributed by atoms with Gasteiger partial charge in [-0.05, 0) is 12.1 Å². The summed E-state index contributed by atoms with van der Waals surface area (Å²) in [5, 5.41) is 9.19. The van der Waals surface area contributed by atoms with Crippen molar-refractivity contribution < 1.29 is 28.9 Å². The molecule has 7 nitrogen and oxygen atoms in total. The van der Waals surface area contributed by atoms with Crippen molar-refractivity contribution in [1.82, 2.24) is 4.90 Å². The zero-order valence-corrected chi connectivity index (χ0v) is 13.3. The van der Waals surface area contributed by atoms with E-state index in [0.717, 1.165) is 0 Å². The third-order valence-electron chi connectivity index (χ3n) is 3.34. The lowest BCUT2D eigenvalue weighted by atomic mass is 10.1. The van der Waals surface area contributed by atoms with Gasteiger partial charge in [0.15, 0.2) is 11.5 Å². The summed E-state index contributed by atoms with van der Waals surface area (Å²) < 4.78 is 15.6. The molecule has 1 N–H and O–H groups in total. The smallest absolute Gasteiger partial charge is 0.327 e. The van der Waals surface area contributed by atoms with Gasteiger partial charge in [-0.2, -0.15) is 0 Å². The Hall–Kier alpha value is -2.09. The Kier molecular flexibility index (Phi) is 5.02. The van der Waals surface area contributed by atoms with Crippen LogP contribution in [0, 0.1) is 0 Å². The number of benzene rings is 1. The van der Waals surface area contributed by atoms with Gasteiger partial charge in [0.05, 0.1) is 27.2 Å². The topological polar surface area (TPSA) is 85.3 Å². The standard InChI is InChI=1S/C14H17NO6S/c1-19-10-4-8(5-11(20-2)12(10)21-3)13(16)15-7-22-6-9(15)14(17)18/h4-5,9H,6-7H2,1-3H3,(H,17,18)/t9-/m1/s1. The van der Waals surface area contributed by atoms with Crippen molar-refractivity contribution in [3.63, 3.8) is 0 Å². The summed E-state index contributed by atoms with van der Waals surface area (Å²) in [6, 6.07) is 2.22. The van der Waals surface area contributed by atoms with Crippen LogP contribution in [-0.4, -0.2) is 60.9 Å². The first kappa shape index (κ1) is 16.3. The molecule has 1 aromatic carbocycles. The fraction of sp³-hybridized carbons (Fsp3) is 0.429. The molecule has 1 aliphatic rings. The van der Waals surface area contributed by atoms with Crippen LogP contribution in [0.25, 0.3) is 0 Å². The predicted molar refractivity (Wildman–Crippen MR) is 81.0 cm³/mol. The predicted octanol–water partition coefficient (Wildman–Crippen LogP) is 1.31. The van der Waals surface area contributed by atoms with Gasteiger partial charge in [-0.15, -0.1) is 11.8 Å². The first-order valence-corrected chi connectivity index (χ1v) is 7.60. The first-order valence-electron chi connectivity index (χ1n) is 6.45. The lowest BCUT2D eigenvalue weighted by Crippen LogP contribution is -2.41. The van der Waals surface area contributed by atoms with Gasteiger partial charge in [0.25, 0.3) is 5.91 Å². The minimum Gasteiger partial charge on any atom is -0.493 e. The van der Waals surface area contributed by atoms with E-state index in [1.54, 1.807) is 0 Å². The summed E-state index contributed by atoms with van der Waals surface area (Å²) in [6.07, 6.45) is 0. The highest BCUT2D eigenvalue weighted by molar-refractivity contribution is 7.99. The molecule has 1 saturated heterocycles. The van der Waals surface area contributed by atoms with Gasteiger partial charge in [-0.25, -0.2) is 4.79 Å². The summed E-state index contributed by atoms with van der Waals surface area (Å²) in [5.41, 5.74) is 0.295. The number of carbonyl (C=O) groups excluding carboxylic acids is 1. The Morgan fingerprint density at radius 1 is 1.18 bits per heavy atom. The molecule has 22 heavy (non-hydrogen) atoms. The molecule has 0 saturated carbocycles. The van der Waals surface area contributed by atoms with E-state index >= 15 is 0 Å². The van der Waals surface area contributed by atoms with Crippen LogP contribution in [-0.2, 0) is 4.79 Å². The van der Waals surface area contributed by atoms with Crippen LogP contribution in [0.4, 0.5) is 0 Å². The molecule has 8 heteroatoms. The van der Waals surface area contributed by atoms with E-state index in [1.807, 2.05) is 0 Å². The summed E-state index contributed by atoms with van der Waals surface area (Å²) in [4.78, 5) is 25.1. The molecule has 0 radical (unpaired) electrons. The molecule has 0 spiro atoms. The van der Waals surface area contributed by atoms with Crippen LogP contribution in [0.15, 0.2) is 12.1 Å². The number of ether oxygens (including phenoxy) is 3. The third-order valence-corrected chi connectivity index (χ3v) is 4.35. The van der Waals surface area contributed by atoms with E-state index in [0.29, 0.717) is 34.4 Å². The summed E-state index contributed by atoms with van der Waals surface area (Å²) >= 11 is 1.41. The van der Waals surface area contributed by atoms with Gasteiger partial charge in [-0.3, -0.25) is 4.79 Å². The van der Waals surface area contributed by atoms with Crippen LogP contribution < -0.4 is 14.2 Å². The Morgan fingerprint density at radius 2 is 1.77 bits per heavy atom. The van der Waals surface area contributed by atoms with Crippen molar-refractivity contribution in [2.75, 3.05) is 33.0 Å². The molecule has 0 aromatic heterocycles. The maximum atomic E-state index is 12.6. The fourth-order valence-electron chi connectivity index (χ4n) is 2.22. The van der Waals surface area contributed by atoms with Gasteiger partial charge in [0, 0.05) is 11.3 Å². The van der Waals surface area contributed by atoms with Gasteiger partial charge in [0.2, 0.25) is 5.75 Å². The number of nitrogens with zero attached hydrogens (tertiary/aromatic N) is 1. The normalized spacial score (nSPS) is 17.2. The monoisotopic (exact) mass is 327 g/mol. The van der Waals surface area contributed by atoms with E-state index in [2.05, 4.69) is 0 Å². The molecule has 2 rings (SSSR count). The second-order valence-electron chi connectivity index (χ2n) is 4.54. The number of carboxylic acid groups (broad SMARTS) is 1. The number of aliphatic carboxylic acids is 1. The first-order chi connectivity index (χ1) is 10.5. The highest BCUT2D eigenvalue weighted by Gasteiger charge is 2.35. The molecule has 0 unspecified atom stereocenters. The average Bonchev–Trinajstić information content (AvgIpc) is 3.02. The molecule has 1 amide bonds. The second-order valence-corrected chi connectivity index (χ2v) is 5.54. The van der Waals surface area contributed by atoms with E-state index < -0.39 is 12.0 Å². The quantitative estimate of drug-likeness (QED) is 0.872. The lowest BCUT2D eigenvalue weighted by molar-refractivity contribution is -0.140. The number of carbonyl (C=O) groups is 2. The van der Waals surface area contributed by atoms with Crippen molar-refractivity contribution in [1.29, 1.82) is 0 Å². The minimum atomic E-state index is -1.01. The largest absolute Gasteiger partial charge is 0.493 e. The number of rotatable bonds is 5. The van der Waals surface area contributed by atoms with Gasteiger partial charge >= 0.3 is 5.97 Å². The van der Waals surface area contributed by atoms with Crippen molar-refractivity contribution >= 4 is 23.6 Å². The maximum absolute atomic E-state index is 12.6. The molecule has 0 aliphatic carbocycles. The molecule has 1 fully saturated rings. The van der Waals surface area contributed by atoms with Crippen LogP contribution in [0.1, 0.15) is 10.4 Å². The van der Waals surface area contributed by atoms with E-state index in [9.17, 15) is 14.7 Å². The van der Waals surface area contributed by atoms with Crippen LogP contribution in [0.5, 0.6) is 17.2 Å². The third kappa shape index (κ3) is 2.92. The minimum absolute atomic E-state index is 0.295. The fourth-order valence-corrected chi connectivity index (χ4v) is 3.36. The zero-order valence-electron chi connectivity index (χ0n) is 12.5. The molecule has 1 heterocycles. The SMILES string of the molecule is COc1cc(C(=O)N2CSC[C@@H]2C(=O)O)cc(OC)c1OC. The highest BCUT2D eigenvalue weighted by Crippen LogP contribution is 2.39. The number of hydrogen-bond donors (Lipinski definition) is 1. The lowest BCUT2D eigenvalue weighted by Gasteiger charge is -2.21. The molecular weight excluding hydrogens is 310 g/mol. The summed E-state index contributed by atoms with van der Waals surface area (Å²) in [5.74, 6) is 0.417. The van der Waals surface area contributed by atoms with Gasteiger partial charge in [-0.1, -0.05) is 0 Å². The Morgan fingerprint density at radius 3 is 2.23 bits per heavy atom. The van der Waals surface area contributed by atoms with Crippen LogP contribution in [0.3, 0.4) is 0 Å². The molecule has 1 aromatic rings. The Labute approximate surface area is 132 Å². The number of methoxy groups -OCH3 is 3. The van der Waals surface area contributed by atoms with Crippen LogP contribution >= 0.6 is 11.8 Å². The van der Waals surface area contributed by atoms with Gasteiger partial charge in [0.1, 0.15) is 6.04 Å². The Balaban J connectivity index is 2.39. The van der Waals surface area contributed by atoms with Crippen molar-refractivity contribution in [3.05, 3.63) is 17.7 Å². The zero-order chi connectivity index (χ0) is 16.3. The second kappa shape index (κ2) is 6.78. The molecule has 1 aliphatic heterocycles. The van der Waals surface area contributed by atoms with Crippen molar-refractivity contribution in [3.8, 4) is 17.2 Å². The van der Waals surface area contributed by atoms with Crippen molar-refractivity contribution in [2.45, 2.75) is 6.04 Å². The van der Waals surface area contributed by atoms with Crippen molar-refractivity contribution in [2.24, 2.45) is 0 Å². The van der Waals surface area contributed by atoms with E-state index in [1.165, 1.54) is 50.1 Å². The summed E-state index contributed by atoms with van der Waals surface area (Å²) in [7, 11) is 4.38. The van der Waals surface area contributed by atoms with E-state index in [-0.39, 0.29) is 5.91 Å². The molecular formula is C14H17NO6S. The number of thioether (sulfide) groups is 1. The number of amides is 1. The molecule has 120 valence electrons. The molecule has 0 bridgehead atoms. The van der Waals surface area contributed by atoms with Gasteiger partial charge < -0.3 is 24.2 Å². The summed E-state index contributed by atoms with van der Waals surface area (Å²) in [6.45, 7) is 0.